The van der Waals surface area contributed by atoms with Crippen LogP contribution in [-0.2, 0) is 10.0 Å². The van der Waals surface area contributed by atoms with Crippen LogP contribution in [-0.4, -0.2) is 31.9 Å². The quantitative estimate of drug-likeness (QED) is 0.927. The van der Waals surface area contributed by atoms with Crippen molar-refractivity contribution >= 4 is 10.0 Å². The monoisotopic (exact) mass is 318 g/mol. The minimum atomic E-state index is -4.04. The van der Waals surface area contributed by atoms with Crippen molar-refractivity contribution in [3.63, 3.8) is 0 Å². The van der Waals surface area contributed by atoms with Crippen molar-refractivity contribution in [1.29, 1.82) is 0 Å². The highest BCUT2D eigenvalue weighted by atomic mass is 32.2. The second kappa shape index (κ2) is 5.98. The van der Waals surface area contributed by atoms with E-state index in [2.05, 4.69) is 0 Å². The van der Waals surface area contributed by atoms with Crippen molar-refractivity contribution in [2.45, 2.75) is 37.6 Å². The molecule has 0 aliphatic carbocycles. The summed E-state index contributed by atoms with van der Waals surface area (Å²) in [5.41, 5.74) is 5.91. The number of nitrogens with zero attached hydrogens (tertiary/aromatic N) is 1. The van der Waals surface area contributed by atoms with E-state index in [1.165, 1.54) is 11.2 Å². The maximum Gasteiger partial charge on any atom is 0.246 e. The molecule has 0 unspecified atom stereocenters. The molecule has 0 radical (unpaired) electrons. The molecular weight excluding hydrogens is 298 g/mol. The predicted octanol–water partition coefficient (Wildman–Crippen LogP) is 2.02. The van der Waals surface area contributed by atoms with Crippen LogP contribution in [0.4, 0.5) is 8.78 Å². The van der Waals surface area contributed by atoms with Gasteiger partial charge in [-0.1, -0.05) is 0 Å². The number of piperidine rings is 1. The first-order valence-electron chi connectivity index (χ1n) is 6.95. The molecule has 1 aliphatic heterocycles. The Balaban J connectivity index is 2.36. The second-order valence-electron chi connectivity index (χ2n) is 5.66. The molecule has 0 saturated carbocycles. The van der Waals surface area contributed by atoms with Gasteiger partial charge in [0.1, 0.15) is 16.5 Å². The molecule has 1 heterocycles. The van der Waals surface area contributed by atoms with Crippen LogP contribution in [0.3, 0.4) is 0 Å². The molecule has 0 bridgehead atoms. The Hall–Kier alpha value is -1.05. The molecule has 0 spiro atoms. The number of sulfonamides is 1. The fraction of sp³-hybridized carbons (Fsp3) is 0.571. The Kier molecular flexibility index (Phi) is 4.65. The number of aryl methyl sites for hydroxylation is 1. The lowest BCUT2D eigenvalue weighted by Gasteiger charge is -2.33. The minimum absolute atomic E-state index is 0.0341. The van der Waals surface area contributed by atoms with Crippen molar-refractivity contribution in [2.75, 3.05) is 13.1 Å². The average Bonchev–Trinajstić information content (AvgIpc) is 2.42. The third kappa shape index (κ3) is 3.25. The number of rotatable bonds is 3. The number of halogens is 2. The van der Waals surface area contributed by atoms with Gasteiger partial charge in [0.25, 0.3) is 0 Å². The van der Waals surface area contributed by atoms with E-state index in [0.717, 1.165) is 18.6 Å². The molecule has 4 nitrogen and oxygen atoms in total. The Morgan fingerprint density at radius 1 is 1.33 bits per heavy atom. The molecule has 118 valence electrons. The highest BCUT2D eigenvalue weighted by Gasteiger charge is 2.33. The van der Waals surface area contributed by atoms with Gasteiger partial charge >= 0.3 is 0 Å². The van der Waals surface area contributed by atoms with Crippen LogP contribution in [0.1, 0.15) is 25.3 Å². The van der Waals surface area contributed by atoms with E-state index < -0.39 is 26.6 Å². The number of hydrogen-bond donors (Lipinski definition) is 1. The SMILES string of the molecule is Cc1cc(F)c(S(=O)(=O)N2CCC[C@@H]([C@@H](C)N)C2)cc1F. The van der Waals surface area contributed by atoms with Crippen LogP contribution in [0.2, 0.25) is 0 Å². The van der Waals surface area contributed by atoms with Crippen molar-refractivity contribution in [2.24, 2.45) is 11.7 Å². The van der Waals surface area contributed by atoms with Crippen LogP contribution >= 0.6 is 0 Å². The van der Waals surface area contributed by atoms with Crippen molar-refractivity contribution < 1.29 is 17.2 Å². The van der Waals surface area contributed by atoms with Crippen molar-refractivity contribution in [3.8, 4) is 0 Å². The summed E-state index contributed by atoms with van der Waals surface area (Å²) in [6.45, 7) is 3.77. The van der Waals surface area contributed by atoms with Crippen LogP contribution in [0.25, 0.3) is 0 Å². The Morgan fingerprint density at radius 3 is 2.62 bits per heavy atom. The first kappa shape index (κ1) is 16.3. The Morgan fingerprint density at radius 2 is 2.00 bits per heavy atom. The zero-order valence-corrected chi connectivity index (χ0v) is 13.0. The van der Waals surface area contributed by atoms with Gasteiger partial charge in [0.2, 0.25) is 10.0 Å². The van der Waals surface area contributed by atoms with Gasteiger partial charge in [-0.15, -0.1) is 0 Å². The van der Waals surface area contributed by atoms with Gasteiger partial charge in [-0.2, -0.15) is 4.31 Å². The molecule has 7 heteroatoms. The molecule has 1 aliphatic rings. The van der Waals surface area contributed by atoms with Crippen molar-refractivity contribution in [3.05, 3.63) is 29.3 Å². The molecule has 1 saturated heterocycles. The largest absolute Gasteiger partial charge is 0.328 e. The van der Waals surface area contributed by atoms with Crippen LogP contribution in [0.15, 0.2) is 17.0 Å². The van der Waals surface area contributed by atoms with Crippen LogP contribution in [0, 0.1) is 24.5 Å². The Labute approximate surface area is 124 Å². The van der Waals surface area contributed by atoms with E-state index in [-0.39, 0.29) is 24.1 Å². The average molecular weight is 318 g/mol. The lowest BCUT2D eigenvalue weighted by Crippen LogP contribution is -2.45. The minimum Gasteiger partial charge on any atom is -0.328 e. The molecule has 21 heavy (non-hydrogen) atoms. The van der Waals surface area contributed by atoms with Gasteiger partial charge in [-0.3, -0.25) is 0 Å². The van der Waals surface area contributed by atoms with Gasteiger partial charge in [-0.05, 0) is 50.3 Å². The molecule has 1 aromatic rings. The molecular formula is C14H20F2N2O2S. The normalized spacial score (nSPS) is 22.2. The second-order valence-corrected chi connectivity index (χ2v) is 7.56. The fourth-order valence-corrected chi connectivity index (χ4v) is 4.18. The third-order valence-corrected chi connectivity index (χ3v) is 5.88. The van der Waals surface area contributed by atoms with E-state index in [9.17, 15) is 17.2 Å². The molecule has 2 rings (SSSR count). The molecule has 0 amide bonds. The highest BCUT2D eigenvalue weighted by molar-refractivity contribution is 7.89. The number of hydrogen-bond acceptors (Lipinski definition) is 3. The van der Waals surface area contributed by atoms with E-state index >= 15 is 0 Å². The summed E-state index contributed by atoms with van der Waals surface area (Å²) < 4.78 is 53.8. The molecule has 1 aromatic carbocycles. The molecule has 2 atom stereocenters. The zero-order valence-electron chi connectivity index (χ0n) is 12.1. The van der Waals surface area contributed by atoms with E-state index in [1.807, 2.05) is 6.92 Å². The Bertz CT molecular complexity index is 632. The van der Waals surface area contributed by atoms with Gasteiger partial charge in [0.15, 0.2) is 0 Å². The summed E-state index contributed by atoms with van der Waals surface area (Å²) in [6, 6.07) is 1.53. The fourth-order valence-electron chi connectivity index (χ4n) is 2.59. The number of nitrogens with two attached hydrogens (primary N) is 1. The van der Waals surface area contributed by atoms with E-state index in [0.29, 0.717) is 13.0 Å². The molecule has 0 aromatic heterocycles. The standard InChI is InChI=1S/C14H20F2N2O2S/c1-9-6-13(16)14(7-12(9)15)21(19,20)18-5-3-4-11(8-18)10(2)17/h6-7,10-11H,3-5,8,17H2,1-2H3/t10-,11-/m1/s1. The van der Waals surface area contributed by atoms with Crippen LogP contribution < -0.4 is 5.73 Å². The summed E-state index contributed by atoms with van der Waals surface area (Å²) in [4.78, 5) is -0.601. The van der Waals surface area contributed by atoms with Gasteiger partial charge in [0, 0.05) is 19.1 Å². The summed E-state index contributed by atoms with van der Waals surface area (Å²) in [5.74, 6) is -1.61. The smallest absolute Gasteiger partial charge is 0.246 e. The summed E-state index contributed by atoms with van der Waals surface area (Å²) in [6.07, 6.45) is 1.51. The van der Waals surface area contributed by atoms with Gasteiger partial charge in [0.05, 0.1) is 0 Å². The maximum absolute atomic E-state index is 13.9. The predicted molar refractivity (Wildman–Crippen MR) is 76.2 cm³/mol. The van der Waals surface area contributed by atoms with E-state index in [4.69, 9.17) is 5.73 Å². The summed E-state index contributed by atoms with van der Waals surface area (Å²) >= 11 is 0. The maximum atomic E-state index is 13.9. The molecule has 2 N–H and O–H groups in total. The number of benzene rings is 1. The zero-order chi connectivity index (χ0) is 15.8. The summed E-state index contributed by atoms with van der Waals surface area (Å²) in [5, 5.41) is 0. The van der Waals surface area contributed by atoms with Gasteiger partial charge < -0.3 is 5.73 Å². The lowest BCUT2D eigenvalue weighted by molar-refractivity contribution is 0.242. The highest BCUT2D eigenvalue weighted by Crippen LogP contribution is 2.27. The van der Waals surface area contributed by atoms with E-state index in [1.54, 1.807) is 0 Å². The lowest BCUT2D eigenvalue weighted by atomic mass is 9.93. The topological polar surface area (TPSA) is 63.4 Å². The summed E-state index contributed by atoms with van der Waals surface area (Å²) in [7, 11) is -4.04. The van der Waals surface area contributed by atoms with Crippen molar-refractivity contribution in [1.82, 2.24) is 4.31 Å². The third-order valence-electron chi connectivity index (χ3n) is 4.00. The van der Waals surface area contributed by atoms with Gasteiger partial charge in [-0.25, -0.2) is 17.2 Å². The first-order valence-corrected chi connectivity index (χ1v) is 8.39. The molecule has 1 fully saturated rings. The first-order chi connectivity index (χ1) is 9.73. The van der Waals surface area contributed by atoms with Crippen LogP contribution in [0.5, 0.6) is 0 Å².